The molecule has 1 atom stereocenters. The molecule has 0 spiro atoms. The fourth-order valence-corrected chi connectivity index (χ4v) is 2.61. The zero-order valence-corrected chi connectivity index (χ0v) is 13.2. The maximum absolute atomic E-state index is 13.5. The summed E-state index contributed by atoms with van der Waals surface area (Å²) in [4.78, 5) is 25.4. The molecule has 6 nitrogen and oxygen atoms in total. The average Bonchev–Trinajstić information content (AvgIpc) is 2.50. The van der Waals surface area contributed by atoms with Crippen LogP contribution in [-0.2, 0) is 9.53 Å². The number of nitrogens with one attached hydrogen (secondary N) is 2. The number of rotatable bonds is 5. The van der Waals surface area contributed by atoms with E-state index in [9.17, 15) is 14.0 Å². The standard InChI is InChI=1S/C16H22FN3O3/c1-2-23-16(22)18-12-6-5-9-20(10-12)11-15(21)19-14-8-4-3-7-13(14)17/h3-4,7-8,12H,2,5-6,9-11H2,1H3,(H,18,22)(H,19,21). The molecule has 2 N–H and O–H groups in total. The van der Waals surface area contributed by atoms with Gasteiger partial charge in [-0.15, -0.1) is 0 Å². The first-order chi connectivity index (χ1) is 11.1. The van der Waals surface area contributed by atoms with Gasteiger partial charge in [-0.25, -0.2) is 9.18 Å². The number of carbonyl (C=O) groups is 2. The summed E-state index contributed by atoms with van der Waals surface area (Å²) < 4.78 is 18.4. The van der Waals surface area contributed by atoms with Gasteiger partial charge in [0.05, 0.1) is 18.8 Å². The molecular weight excluding hydrogens is 301 g/mol. The Morgan fingerprint density at radius 3 is 2.91 bits per heavy atom. The van der Waals surface area contributed by atoms with E-state index >= 15 is 0 Å². The van der Waals surface area contributed by atoms with Crippen LogP contribution >= 0.6 is 0 Å². The second-order valence-corrected chi connectivity index (χ2v) is 5.47. The summed E-state index contributed by atoms with van der Waals surface area (Å²) in [5.41, 5.74) is 0.177. The van der Waals surface area contributed by atoms with Gasteiger partial charge in [0.1, 0.15) is 5.82 Å². The molecule has 0 saturated carbocycles. The number of alkyl carbamates (subject to hydrolysis) is 1. The van der Waals surface area contributed by atoms with Crippen LogP contribution in [0, 0.1) is 5.82 Å². The van der Waals surface area contributed by atoms with Crippen molar-refractivity contribution in [2.45, 2.75) is 25.8 Å². The molecular formula is C16H22FN3O3. The van der Waals surface area contributed by atoms with Gasteiger partial charge in [0.2, 0.25) is 5.91 Å². The van der Waals surface area contributed by atoms with E-state index < -0.39 is 11.9 Å². The summed E-state index contributed by atoms with van der Waals surface area (Å²) in [6.45, 7) is 3.58. The van der Waals surface area contributed by atoms with Gasteiger partial charge in [-0.05, 0) is 38.4 Å². The van der Waals surface area contributed by atoms with Crippen molar-refractivity contribution in [3.63, 3.8) is 0 Å². The van der Waals surface area contributed by atoms with E-state index in [1.165, 1.54) is 12.1 Å². The first kappa shape index (κ1) is 17.2. The summed E-state index contributed by atoms with van der Waals surface area (Å²) in [6, 6.07) is 6.02. The summed E-state index contributed by atoms with van der Waals surface area (Å²) >= 11 is 0. The lowest BCUT2D eigenvalue weighted by molar-refractivity contribution is -0.117. The molecule has 7 heteroatoms. The van der Waals surface area contributed by atoms with Crippen molar-refractivity contribution in [3.05, 3.63) is 30.1 Å². The Balaban J connectivity index is 1.81. The molecule has 1 heterocycles. The molecule has 1 saturated heterocycles. The monoisotopic (exact) mass is 323 g/mol. The topological polar surface area (TPSA) is 70.7 Å². The third-order valence-corrected chi connectivity index (χ3v) is 3.62. The summed E-state index contributed by atoms with van der Waals surface area (Å²) in [5.74, 6) is -0.728. The van der Waals surface area contributed by atoms with Crippen LogP contribution in [0.1, 0.15) is 19.8 Å². The molecule has 0 aliphatic carbocycles. The zero-order chi connectivity index (χ0) is 16.7. The normalized spacial score (nSPS) is 18.3. The van der Waals surface area contributed by atoms with Crippen LogP contribution < -0.4 is 10.6 Å². The Morgan fingerprint density at radius 1 is 1.39 bits per heavy atom. The molecule has 0 radical (unpaired) electrons. The molecule has 1 unspecified atom stereocenters. The third kappa shape index (κ3) is 5.52. The van der Waals surface area contributed by atoms with E-state index in [-0.39, 0.29) is 24.2 Å². The van der Waals surface area contributed by atoms with Crippen molar-refractivity contribution in [1.29, 1.82) is 0 Å². The number of carbonyl (C=O) groups excluding carboxylic acids is 2. The average molecular weight is 323 g/mol. The van der Waals surface area contributed by atoms with Gasteiger partial charge < -0.3 is 15.4 Å². The predicted molar refractivity (Wildman–Crippen MR) is 84.6 cm³/mol. The lowest BCUT2D eigenvalue weighted by Gasteiger charge is -2.32. The molecule has 1 aliphatic heterocycles. The van der Waals surface area contributed by atoms with Crippen molar-refractivity contribution in [2.24, 2.45) is 0 Å². The van der Waals surface area contributed by atoms with Crippen molar-refractivity contribution in [3.8, 4) is 0 Å². The minimum absolute atomic E-state index is 0.0379. The van der Waals surface area contributed by atoms with Gasteiger partial charge in [-0.3, -0.25) is 9.69 Å². The number of nitrogens with zero attached hydrogens (tertiary/aromatic N) is 1. The lowest BCUT2D eigenvalue weighted by Crippen LogP contribution is -2.49. The van der Waals surface area contributed by atoms with Crippen molar-refractivity contribution in [1.82, 2.24) is 10.2 Å². The fourth-order valence-electron chi connectivity index (χ4n) is 2.61. The maximum Gasteiger partial charge on any atom is 0.407 e. The SMILES string of the molecule is CCOC(=O)NC1CCCN(CC(=O)Nc2ccccc2F)C1. The largest absolute Gasteiger partial charge is 0.450 e. The van der Waals surface area contributed by atoms with Gasteiger partial charge in [0.15, 0.2) is 0 Å². The Morgan fingerprint density at radius 2 is 2.17 bits per heavy atom. The van der Waals surface area contributed by atoms with E-state index in [0.29, 0.717) is 13.2 Å². The number of anilines is 1. The van der Waals surface area contributed by atoms with E-state index in [4.69, 9.17) is 4.74 Å². The van der Waals surface area contributed by atoms with Gasteiger partial charge in [0.25, 0.3) is 0 Å². The minimum Gasteiger partial charge on any atom is -0.450 e. The molecule has 1 aromatic rings. The van der Waals surface area contributed by atoms with Crippen LogP contribution in [0.3, 0.4) is 0 Å². The molecule has 1 fully saturated rings. The van der Waals surface area contributed by atoms with Gasteiger partial charge in [0, 0.05) is 12.6 Å². The minimum atomic E-state index is -0.457. The number of para-hydroxylation sites is 1. The summed E-state index contributed by atoms with van der Waals surface area (Å²) in [5, 5.41) is 5.35. The highest BCUT2D eigenvalue weighted by Crippen LogP contribution is 2.13. The fraction of sp³-hybridized carbons (Fsp3) is 0.500. The Bertz CT molecular complexity index is 553. The maximum atomic E-state index is 13.5. The Hall–Kier alpha value is -2.15. The number of hydrogen-bond acceptors (Lipinski definition) is 4. The molecule has 0 aromatic heterocycles. The van der Waals surface area contributed by atoms with Crippen LogP contribution in [0.4, 0.5) is 14.9 Å². The highest BCUT2D eigenvalue weighted by atomic mass is 19.1. The highest BCUT2D eigenvalue weighted by molar-refractivity contribution is 5.92. The molecule has 2 amide bonds. The van der Waals surface area contributed by atoms with Crippen molar-refractivity contribution in [2.75, 3.05) is 31.6 Å². The molecule has 1 aliphatic rings. The molecule has 126 valence electrons. The van der Waals surface area contributed by atoms with Crippen LogP contribution in [0.25, 0.3) is 0 Å². The van der Waals surface area contributed by atoms with Crippen molar-refractivity contribution >= 4 is 17.7 Å². The van der Waals surface area contributed by atoms with Crippen LogP contribution in [0.5, 0.6) is 0 Å². The first-order valence-corrected chi connectivity index (χ1v) is 7.78. The smallest absolute Gasteiger partial charge is 0.407 e. The number of halogens is 1. The second kappa shape index (κ2) is 8.47. The molecule has 23 heavy (non-hydrogen) atoms. The van der Waals surface area contributed by atoms with Gasteiger partial charge in [-0.1, -0.05) is 12.1 Å². The van der Waals surface area contributed by atoms with Crippen LogP contribution in [0.2, 0.25) is 0 Å². The highest BCUT2D eigenvalue weighted by Gasteiger charge is 2.23. The number of piperidine rings is 1. The quantitative estimate of drug-likeness (QED) is 0.869. The van der Waals surface area contributed by atoms with Crippen LogP contribution in [-0.4, -0.2) is 49.2 Å². The van der Waals surface area contributed by atoms with Gasteiger partial charge in [-0.2, -0.15) is 0 Å². The number of hydrogen-bond donors (Lipinski definition) is 2. The van der Waals surface area contributed by atoms with Crippen molar-refractivity contribution < 1.29 is 18.7 Å². The molecule has 2 rings (SSSR count). The van der Waals surface area contributed by atoms with E-state index in [0.717, 1.165) is 19.4 Å². The zero-order valence-electron chi connectivity index (χ0n) is 13.2. The summed E-state index contributed by atoms with van der Waals surface area (Å²) in [7, 11) is 0. The second-order valence-electron chi connectivity index (χ2n) is 5.47. The van der Waals surface area contributed by atoms with Gasteiger partial charge >= 0.3 is 6.09 Å². The Labute approximate surface area is 135 Å². The Kier molecular flexibility index (Phi) is 6.34. The number of likely N-dealkylation sites (tertiary alicyclic amines) is 1. The molecule has 0 bridgehead atoms. The van der Waals surface area contributed by atoms with E-state index in [1.807, 2.05) is 4.90 Å². The number of benzene rings is 1. The third-order valence-electron chi connectivity index (χ3n) is 3.62. The number of ether oxygens (including phenoxy) is 1. The predicted octanol–water partition coefficient (Wildman–Crippen LogP) is 1.97. The first-order valence-electron chi connectivity index (χ1n) is 7.78. The van der Waals surface area contributed by atoms with E-state index in [1.54, 1.807) is 19.1 Å². The molecule has 1 aromatic carbocycles. The lowest BCUT2D eigenvalue weighted by atomic mass is 10.1. The summed E-state index contributed by atoms with van der Waals surface area (Å²) in [6.07, 6.45) is 1.30. The van der Waals surface area contributed by atoms with E-state index in [2.05, 4.69) is 10.6 Å². The number of amides is 2. The van der Waals surface area contributed by atoms with Crippen LogP contribution in [0.15, 0.2) is 24.3 Å².